The second-order valence-electron chi connectivity index (χ2n) is 4.52. The van der Waals surface area contributed by atoms with E-state index in [0.29, 0.717) is 0 Å². The maximum atomic E-state index is 11.7. The number of likely N-dealkylation sites (N-methyl/N-ethyl adjacent to an activating group) is 2. The van der Waals surface area contributed by atoms with Crippen molar-refractivity contribution < 1.29 is 4.79 Å². The first kappa shape index (κ1) is 8.81. The van der Waals surface area contributed by atoms with Crippen molar-refractivity contribution in [3.63, 3.8) is 0 Å². The van der Waals surface area contributed by atoms with E-state index in [1.165, 1.54) is 0 Å². The number of nitrogens with zero attached hydrogens (tertiary/aromatic N) is 3. The molecule has 2 heterocycles. The van der Waals surface area contributed by atoms with Gasteiger partial charge in [-0.15, -0.1) is 0 Å². The number of hydrogen-bond donors (Lipinski definition) is 0. The molecule has 2 amide bonds. The van der Waals surface area contributed by atoms with Crippen LogP contribution < -0.4 is 0 Å². The summed E-state index contributed by atoms with van der Waals surface area (Å²) in [4.78, 5) is 17.8. The minimum absolute atomic E-state index is 0.0405. The highest BCUT2D eigenvalue weighted by Crippen LogP contribution is 2.28. The largest absolute Gasteiger partial charge is 0.325 e. The summed E-state index contributed by atoms with van der Waals surface area (Å²) in [6.07, 6.45) is 0. The van der Waals surface area contributed by atoms with Crippen molar-refractivity contribution in [2.24, 2.45) is 0 Å². The summed E-state index contributed by atoms with van der Waals surface area (Å²) in [5.41, 5.74) is 0.0405. The molecule has 74 valence electrons. The third kappa shape index (κ3) is 1.20. The lowest BCUT2D eigenvalue weighted by Gasteiger charge is -2.42. The van der Waals surface area contributed by atoms with Crippen molar-refractivity contribution in [3.05, 3.63) is 0 Å². The van der Waals surface area contributed by atoms with Crippen LogP contribution in [0.15, 0.2) is 0 Å². The molecular formula is C9H17N3O. The fourth-order valence-corrected chi connectivity index (χ4v) is 2.53. The number of fused-ring (bicyclic) bond motifs is 1. The van der Waals surface area contributed by atoms with Crippen LogP contribution in [0.5, 0.6) is 0 Å². The Hall–Kier alpha value is -0.770. The van der Waals surface area contributed by atoms with E-state index in [1.54, 1.807) is 0 Å². The van der Waals surface area contributed by atoms with Crippen LogP contribution >= 0.6 is 0 Å². The minimum atomic E-state index is 0.0405. The van der Waals surface area contributed by atoms with Gasteiger partial charge in [-0.2, -0.15) is 0 Å². The van der Waals surface area contributed by atoms with Crippen LogP contribution in [0.1, 0.15) is 6.92 Å². The van der Waals surface area contributed by atoms with Gasteiger partial charge in [-0.1, -0.05) is 0 Å². The summed E-state index contributed by atoms with van der Waals surface area (Å²) in [5, 5.41) is 0. The van der Waals surface area contributed by atoms with Gasteiger partial charge in [0.05, 0.1) is 5.54 Å². The molecule has 0 spiro atoms. The van der Waals surface area contributed by atoms with E-state index >= 15 is 0 Å². The molecule has 2 fully saturated rings. The van der Waals surface area contributed by atoms with Gasteiger partial charge in [-0.3, -0.25) is 0 Å². The Morgan fingerprint density at radius 3 is 2.62 bits per heavy atom. The molecule has 2 aliphatic rings. The molecule has 4 heteroatoms. The van der Waals surface area contributed by atoms with E-state index < -0.39 is 0 Å². The van der Waals surface area contributed by atoms with Crippen LogP contribution in [-0.2, 0) is 0 Å². The second kappa shape index (κ2) is 2.61. The number of urea groups is 1. The van der Waals surface area contributed by atoms with E-state index in [4.69, 9.17) is 0 Å². The molecule has 2 rings (SSSR count). The van der Waals surface area contributed by atoms with Crippen LogP contribution in [-0.4, -0.2) is 66.5 Å². The van der Waals surface area contributed by atoms with Crippen LogP contribution in [0.2, 0.25) is 0 Å². The summed E-state index contributed by atoms with van der Waals surface area (Å²) in [7, 11) is 4.00. The maximum Gasteiger partial charge on any atom is 0.320 e. The molecular weight excluding hydrogens is 166 g/mol. The molecule has 0 radical (unpaired) electrons. The molecule has 0 aromatic carbocycles. The summed E-state index contributed by atoms with van der Waals surface area (Å²) in [6, 6.07) is 0.190. The lowest BCUT2D eigenvalue weighted by molar-refractivity contribution is 0.0801. The third-order valence-electron chi connectivity index (χ3n) is 3.10. The molecule has 1 unspecified atom stereocenters. The van der Waals surface area contributed by atoms with Gasteiger partial charge in [0.2, 0.25) is 0 Å². The fourth-order valence-electron chi connectivity index (χ4n) is 2.53. The summed E-state index contributed by atoms with van der Waals surface area (Å²) >= 11 is 0. The Labute approximate surface area is 79.1 Å². The average Bonchev–Trinajstić information content (AvgIpc) is 2.22. The van der Waals surface area contributed by atoms with Crippen molar-refractivity contribution >= 4 is 6.03 Å². The van der Waals surface area contributed by atoms with Crippen LogP contribution in [0, 0.1) is 0 Å². The Morgan fingerprint density at radius 1 is 1.23 bits per heavy atom. The molecule has 2 saturated heterocycles. The van der Waals surface area contributed by atoms with Crippen molar-refractivity contribution in [1.29, 1.82) is 0 Å². The maximum absolute atomic E-state index is 11.7. The molecule has 0 aromatic rings. The SMILES string of the molecule is CN1CCN2C(=O)N(C)CC2(C)C1. The van der Waals surface area contributed by atoms with Crippen molar-refractivity contribution in [2.75, 3.05) is 40.3 Å². The zero-order valence-corrected chi connectivity index (χ0v) is 8.58. The van der Waals surface area contributed by atoms with E-state index in [9.17, 15) is 4.79 Å². The van der Waals surface area contributed by atoms with E-state index in [0.717, 1.165) is 26.2 Å². The van der Waals surface area contributed by atoms with Gasteiger partial charge >= 0.3 is 6.03 Å². The Balaban J connectivity index is 2.22. The monoisotopic (exact) mass is 183 g/mol. The lowest BCUT2D eigenvalue weighted by atomic mass is 9.99. The zero-order chi connectivity index (χ0) is 9.64. The standard InChI is InChI=1S/C9H17N3O/c1-9-6-10(2)4-5-12(9)8(13)11(3)7-9/h4-7H2,1-3H3. The number of amides is 2. The quantitative estimate of drug-likeness (QED) is 0.531. The highest BCUT2D eigenvalue weighted by molar-refractivity contribution is 5.78. The molecule has 0 aliphatic carbocycles. The average molecular weight is 183 g/mol. The van der Waals surface area contributed by atoms with Gasteiger partial charge < -0.3 is 14.7 Å². The van der Waals surface area contributed by atoms with E-state index in [1.807, 2.05) is 16.8 Å². The number of hydrogen-bond acceptors (Lipinski definition) is 2. The van der Waals surface area contributed by atoms with Gasteiger partial charge in [-0.25, -0.2) is 4.79 Å². The van der Waals surface area contributed by atoms with E-state index in [-0.39, 0.29) is 11.6 Å². The zero-order valence-electron chi connectivity index (χ0n) is 8.58. The number of carbonyl (C=O) groups is 1. The first-order valence-electron chi connectivity index (χ1n) is 4.74. The molecule has 4 nitrogen and oxygen atoms in total. The van der Waals surface area contributed by atoms with Gasteiger partial charge in [0.25, 0.3) is 0 Å². The molecule has 2 aliphatic heterocycles. The summed E-state index contributed by atoms with van der Waals surface area (Å²) in [6.45, 7) is 5.88. The Morgan fingerprint density at radius 2 is 1.92 bits per heavy atom. The van der Waals surface area contributed by atoms with Crippen LogP contribution in [0.4, 0.5) is 4.79 Å². The predicted molar refractivity (Wildman–Crippen MR) is 50.6 cm³/mol. The normalized spacial score (nSPS) is 35.5. The molecule has 0 N–H and O–H groups in total. The molecule has 1 atom stereocenters. The van der Waals surface area contributed by atoms with Gasteiger partial charge in [-0.05, 0) is 14.0 Å². The number of piperazine rings is 1. The Kier molecular flexibility index (Phi) is 1.77. The third-order valence-corrected chi connectivity index (χ3v) is 3.10. The van der Waals surface area contributed by atoms with E-state index in [2.05, 4.69) is 18.9 Å². The highest BCUT2D eigenvalue weighted by atomic mass is 16.2. The van der Waals surface area contributed by atoms with Gasteiger partial charge in [0, 0.05) is 33.2 Å². The second-order valence-corrected chi connectivity index (χ2v) is 4.52. The lowest BCUT2D eigenvalue weighted by Crippen LogP contribution is -2.58. The summed E-state index contributed by atoms with van der Waals surface area (Å²) in [5.74, 6) is 0. The van der Waals surface area contributed by atoms with Crippen molar-refractivity contribution in [3.8, 4) is 0 Å². The van der Waals surface area contributed by atoms with Crippen LogP contribution in [0.25, 0.3) is 0 Å². The first-order valence-corrected chi connectivity index (χ1v) is 4.74. The number of carbonyl (C=O) groups excluding carboxylic acids is 1. The fraction of sp³-hybridized carbons (Fsp3) is 0.889. The minimum Gasteiger partial charge on any atom is -0.325 e. The first-order chi connectivity index (χ1) is 6.03. The van der Waals surface area contributed by atoms with Gasteiger partial charge in [0.1, 0.15) is 0 Å². The Bertz CT molecular complexity index is 243. The predicted octanol–water partition coefficient (Wildman–Crippen LogP) is 0.0579. The summed E-state index contributed by atoms with van der Waals surface area (Å²) < 4.78 is 0. The molecule has 13 heavy (non-hydrogen) atoms. The van der Waals surface area contributed by atoms with Crippen molar-refractivity contribution in [1.82, 2.24) is 14.7 Å². The molecule has 0 saturated carbocycles. The van der Waals surface area contributed by atoms with Gasteiger partial charge in [0.15, 0.2) is 0 Å². The molecule has 0 bridgehead atoms. The molecule has 0 aromatic heterocycles. The highest BCUT2D eigenvalue weighted by Gasteiger charge is 2.47. The van der Waals surface area contributed by atoms with Crippen LogP contribution in [0.3, 0.4) is 0 Å². The number of rotatable bonds is 0. The smallest absolute Gasteiger partial charge is 0.320 e. The van der Waals surface area contributed by atoms with Crippen molar-refractivity contribution in [2.45, 2.75) is 12.5 Å². The topological polar surface area (TPSA) is 26.8 Å².